The van der Waals surface area contributed by atoms with Crippen molar-refractivity contribution in [2.75, 3.05) is 6.54 Å². The minimum atomic E-state index is -0.329. The number of pyridine rings is 1. The van der Waals surface area contributed by atoms with E-state index >= 15 is 0 Å². The van der Waals surface area contributed by atoms with Gasteiger partial charge < -0.3 is 15.6 Å². The zero-order chi connectivity index (χ0) is 18.6. The van der Waals surface area contributed by atoms with Crippen molar-refractivity contribution in [3.8, 4) is 22.6 Å². The van der Waals surface area contributed by atoms with E-state index in [0.717, 1.165) is 19.4 Å². The van der Waals surface area contributed by atoms with Gasteiger partial charge in [0.25, 0.3) is 0 Å². The molecule has 3 heterocycles. The highest BCUT2D eigenvalue weighted by Gasteiger charge is 2.22. The van der Waals surface area contributed by atoms with E-state index in [9.17, 15) is 9.18 Å². The third-order valence-corrected chi connectivity index (χ3v) is 4.58. The van der Waals surface area contributed by atoms with E-state index in [0.29, 0.717) is 28.5 Å². The number of halogens is 1. The van der Waals surface area contributed by atoms with Crippen LogP contribution >= 0.6 is 0 Å². The molecule has 0 radical (unpaired) electrons. The average Bonchev–Trinajstić information content (AvgIpc) is 3.37. The lowest BCUT2D eigenvalue weighted by Gasteiger charge is -2.09. The summed E-state index contributed by atoms with van der Waals surface area (Å²) in [6.45, 7) is 1.14. The number of nitrogens with one attached hydrogen (secondary N) is 3. The molecular formula is C20H20FN5O. The van der Waals surface area contributed by atoms with E-state index < -0.39 is 0 Å². The number of imidazole rings is 1. The summed E-state index contributed by atoms with van der Waals surface area (Å²) >= 11 is 0. The van der Waals surface area contributed by atoms with Crippen molar-refractivity contribution < 1.29 is 9.18 Å². The normalized spacial score (nSPS) is 16.4. The largest absolute Gasteiger partial charge is 0.348 e. The lowest BCUT2D eigenvalue weighted by atomic mass is 10.1. The van der Waals surface area contributed by atoms with Crippen LogP contribution in [0.2, 0.25) is 0 Å². The van der Waals surface area contributed by atoms with Crippen molar-refractivity contribution in [1.82, 2.24) is 25.6 Å². The number of carbonyl (C=O) groups is 1. The van der Waals surface area contributed by atoms with Crippen LogP contribution in [-0.2, 0) is 11.3 Å². The number of hydrogen-bond donors (Lipinski definition) is 3. The Morgan fingerprint density at radius 2 is 2.19 bits per heavy atom. The fraction of sp³-hybridized carbons (Fsp3) is 0.250. The second kappa shape index (κ2) is 7.67. The standard InChI is InChI=1S/C20H20FN5O/c21-14-6-3-5-13(11-14)18-19(15-7-1-2-9-22-15)26-17(25-18)12-24-20(27)16-8-4-10-23-16/h1-3,5-7,9,11,16,23H,4,8,10,12H2,(H,24,27)(H,25,26)/t16-/m0/s1. The molecule has 3 aromatic rings. The first-order valence-corrected chi connectivity index (χ1v) is 8.98. The fourth-order valence-electron chi connectivity index (χ4n) is 3.25. The van der Waals surface area contributed by atoms with Gasteiger partial charge in [0.05, 0.1) is 29.7 Å². The van der Waals surface area contributed by atoms with E-state index in [2.05, 4.69) is 25.6 Å². The summed E-state index contributed by atoms with van der Waals surface area (Å²) in [4.78, 5) is 24.4. The van der Waals surface area contributed by atoms with Gasteiger partial charge in [-0.05, 0) is 43.7 Å². The van der Waals surface area contributed by atoms with Gasteiger partial charge in [0, 0.05) is 11.8 Å². The Bertz CT molecular complexity index is 935. The monoisotopic (exact) mass is 365 g/mol. The predicted molar refractivity (Wildman–Crippen MR) is 100 cm³/mol. The van der Waals surface area contributed by atoms with Gasteiger partial charge in [0.15, 0.2) is 0 Å². The molecule has 1 amide bonds. The molecule has 7 heteroatoms. The first-order valence-electron chi connectivity index (χ1n) is 8.98. The van der Waals surface area contributed by atoms with Crippen LogP contribution in [0.1, 0.15) is 18.7 Å². The van der Waals surface area contributed by atoms with Crippen LogP contribution in [0.15, 0.2) is 48.7 Å². The molecule has 1 aromatic carbocycles. The molecule has 1 aliphatic rings. The van der Waals surface area contributed by atoms with Crippen LogP contribution in [0, 0.1) is 5.82 Å². The van der Waals surface area contributed by atoms with Gasteiger partial charge in [-0.1, -0.05) is 18.2 Å². The lowest BCUT2D eigenvalue weighted by molar-refractivity contribution is -0.122. The molecule has 6 nitrogen and oxygen atoms in total. The summed E-state index contributed by atoms with van der Waals surface area (Å²) in [7, 11) is 0. The van der Waals surface area contributed by atoms with Gasteiger partial charge >= 0.3 is 0 Å². The Kier molecular flexibility index (Phi) is 4.93. The summed E-state index contributed by atoms with van der Waals surface area (Å²) in [6.07, 6.45) is 3.54. The van der Waals surface area contributed by atoms with E-state index in [1.165, 1.54) is 12.1 Å². The van der Waals surface area contributed by atoms with Gasteiger partial charge in [0.1, 0.15) is 11.6 Å². The molecule has 1 atom stereocenters. The summed E-state index contributed by atoms with van der Waals surface area (Å²) in [5, 5.41) is 6.08. The maximum absolute atomic E-state index is 13.7. The SMILES string of the molecule is O=C(NCc1nc(-c2cccc(F)c2)c(-c2ccccn2)[nH]1)[C@@H]1CCCN1. The predicted octanol–water partition coefficient (Wildman–Crippen LogP) is 2.65. The molecule has 1 aliphatic heterocycles. The number of amides is 1. The minimum absolute atomic E-state index is 0.0319. The van der Waals surface area contributed by atoms with Crippen LogP contribution in [-0.4, -0.2) is 33.4 Å². The maximum atomic E-state index is 13.7. The molecule has 0 bridgehead atoms. The van der Waals surface area contributed by atoms with Crippen molar-refractivity contribution in [3.05, 3.63) is 60.3 Å². The summed E-state index contributed by atoms with van der Waals surface area (Å²) in [6, 6.07) is 11.7. The number of aromatic nitrogens is 3. The number of aromatic amines is 1. The summed E-state index contributed by atoms with van der Waals surface area (Å²) in [5.41, 5.74) is 2.67. The van der Waals surface area contributed by atoms with E-state index in [1.54, 1.807) is 18.3 Å². The molecular weight excluding hydrogens is 345 g/mol. The number of rotatable bonds is 5. The van der Waals surface area contributed by atoms with Gasteiger partial charge in [-0.2, -0.15) is 0 Å². The van der Waals surface area contributed by atoms with Gasteiger partial charge in [-0.25, -0.2) is 9.37 Å². The number of nitrogens with zero attached hydrogens (tertiary/aromatic N) is 2. The Balaban J connectivity index is 1.62. The summed E-state index contributed by atoms with van der Waals surface area (Å²) < 4.78 is 13.7. The van der Waals surface area contributed by atoms with Crippen LogP contribution in [0.3, 0.4) is 0 Å². The highest BCUT2D eigenvalue weighted by Crippen LogP contribution is 2.29. The van der Waals surface area contributed by atoms with Crippen molar-refractivity contribution in [2.45, 2.75) is 25.4 Å². The fourth-order valence-corrected chi connectivity index (χ4v) is 3.25. The topological polar surface area (TPSA) is 82.7 Å². The number of carbonyl (C=O) groups excluding carboxylic acids is 1. The lowest BCUT2D eigenvalue weighted by Crippen LogP contribution is -2.40. The number of hydrogen-bond acceptors (Lipinski definition) is 4. The first-order chi connectivity index (χ1) is 13.2. The molecule has 0 aliphatic carbocycles. The molecule has 138 valence electrons. The van der Waals surface area contributed by atoms with Crippen molar-refractivity contribution >= 4 is 5.91 Å². The van der Waals surface area contributed by atoms with Gasteiger partial charge in [-0.15, -0.1) is 0 Å². The highest BCUT2D eigenvalue weighted by atomic mass is 19.1. The zero-order valence-electron chi connectivity index (χ0n) is 14.7. The molecule has 1 fully saturated rings. The first kappa shape index (κ1) is 17.4. The molecule has 0 saturated carbocycles. The Labute approximate surface area is 156 Å². The maximum Gasteiger partial charge on any atom is 0.237 e. The van der Waals surface area contributed by atoms with Gasteiger partial charge in [0.2, 0.25) is 5.91 Å². The van der Waals surface area contributed by atoms with E-state index in [4.69, 9.17) is 0 Å². The molecule has 0 unspecified atom stereocenters. The summed E-state index contributed by atoms with van der Waals surface area (Å²) in [5.74, 6) is 0.237. The molecule has 0 spiro atoms. The smallest absolute Gasteiger partial charge is 0.237 e. The van der Waals surface area contributed by atoms with E-state index in [1.807, 2.05) is 18.2 Å². The average molecular weight is 365 g/mol. The molecule has 3 N–H and O–H groups in total. The molecule has 4 rings (SSSR count). The molecule has 1 saturated heterocycles. The third-order valence-electron chi connectivity index (χ3n) is 4.58. The van der Waals surface area contributed by atoms with Crippen molar-refractivity contribution in [3.63, 3.8) is 0 Å². The van der Waals surface area contributed by atoms with E-state index in [-0.39, 0.29) is 24.3 Å². The number of benzene rings is 1. The Morgan fingerprint density at radius 1 is 1.26 bits per heavy atom. The minimum Gasteiger partial charge on any atom is -0.348 e. The van der Waals surface area contributed by atoms with Gasteiger partial charge in [-0.3, -0.25) is 9.78 Å². The van der Waals surface area contributed by atoms with Crippen LogP contribution in [0.25, 0.3) is 22.6 Å². The van der Waals surface area contributed by atoms with Crippen LogP contribution in [0.5, 0.6) is 0 Å². The second-order valence-corrected chi connectivity index (χ2v) is 6.50. The Hall–Kier alpha value is -3.06. The van der Waals surface area contributed by atoms with Crippen molar-refractivity contribution in [1.29, 1.82) is 0 Å². The number of H-pyrrole nitrogens is 1. The third kappa shape index (κ3) is 3.88. The van der Waals surface area contributed by atoms with Crippen LogP contribution < -0.4 is 10.6 Å². The quantitative estimate of drug-likeness (QED) is 0.649. The molecule has 27 heavy (non-hydrogen) atoms. The second-order valence-electron chi connectivity index (χ2n) is 6.50. The Morgan fingerprint density at radius 3 is 2.93 bits per heavy atom. The zero-order valence-corrected chi connectivity index (χ0v) is 14.7. The van der Waals surface area contributed by atoms with Crippen molar-refractivity contribution in [2.24, 2.45) is 0 Å². The molecule has 2 aromatic heterocycles. The highest BCUT2D eigenvalue weighted by molar-refractivity contribution is 5.82. The van der Waals surface area contributed by atoms with Crippen LogP contribution in [0.4, 0.5) is 4.39 Å².